The molecule has 1 unspecified atom stereocenters. The SMILES string of the molecule is COCCNCC1CCCN(CCC(C)(C)C#N)C1. The van der Waals surface area contributed by atoms with Gasteiger partial charge in [-0.05, 0) is 58.7 Å². The number of hydrogen-bond acceptors (Lipinski definition) is 4. The Morgan fingerprint density at radius 3 is 2.95 bits per heavy atom. The van der Waals surface area contributed by atoms with Crippen molar-refractivity contribution < 1.29 is 4.74 Å². The molecule has 1 rings (SSSR count). The summed E-state index contributed by atoms with van der Waals surface area (Å²) in [5, 5.41) is 12.5. The van der Waals surface area contributed by atoms with Gasteiger partial charge in [-0.25, -0.2) is 0 Å². The zero-order valence-corrected chi connectivity index (χ0v) is 12.7. The van der Waals surface area contributed by atoms with Gasteiger partial charge in [-0.3, -0.25) is 0 Å². The Labute approximate surface area is 118 Å². The Balaban J connectivity index is 2.21. The fourth-order valence-corrected chi connectivity index (χ4v) is 2.49. The number of piperidine rings is 1. The number of methoxy groups -OCH3 is 1. The number of nitrogens with zero attached hydrogens (tertiary/aromatic N) is 2. The van der Waals surface area contributed by atoms with E-state index in [9.17, 15) is 0 Å². The summed E-state index contributed by atoms with van der Waals surface area (Å²) in [6, 6.07) is 2.39. The quantitative estimate of drug-likeness (QED) is 0.682. The van der Waals surface area contributed by atoms with Crippen LogP contribution in [0.15, 0.2) is 0 Å². The monoisotopic (exact) mass is 267 g/mol. The molecule has 0 aromatic rings. The number of nitriles is 1. The minimum Gasteiger partial charge on any atom is -0.383 e. The zero-order chi connectivity index (χ0) is 14.1. The molecule has 1 saturated heterocycles. The van der Waals surface area contributed by atoms with Crippen LogP contribution in [0.2, 0.25) is 0 Å². The summed E-state index contributed by atoms with van der Waals surface area (Å²) < 4.78 is 5.04. The highest BCUT2D eigenvalue weighted by molar-refractivity contribution is 4.92. The lowest BCUT2D eigenvalue weighted by Crippen LogP contribution is -2.41. The summed E-state index contributed by atoms with van der Waals surface area (Å²) >= 11 is 0. The molecule has 110 valence electrons. The predicted molar refractivity (Wildman–Crippen MR) is 77.9 cm³/mol. The lowest BCUT2D eigenvalue weighted by atomic mass is 9.90. The minimum atomic E-state index is -0.191. The van der Waals surface area contributed by atoms with Crippen molar-refractivity contribution in [1.82, 2.24) is 10.2 Å². The van der Waals surface area contributed by atoms with Crippen molar-refractivity contribution in [3.05, 3.63) is 0 Å². The van der Waals surface area contributed by atoms with Crippen molar-refractivity contribution in [2.45, 2.75) is 33.1 Å². The smallest absolute Gasteiger partial charge is 0.0684 e. The van der Waals surface area contributed by atoms with E-state index in [1.807, 2.05) is 13.8 Å². The Hall–Kier alpha value is -0.630. The number of hydrogen-bond donors (Lipinski definition) is 1. The Morgan fingerprint density at radius 1 is 1.47 bits per heavy atom. The van der Waals surface area contributed by atoms with Crippen LogP contribution in [0.25, 0.3) is 0 Å². The van der Waals surface area contributed by atoms with Crippen LogP contribution in [0.3, 0.4) is 0 Å². The Kier molecular flexibility index (Phi) is 7.37. The highest BCUT2D eigenvalue weighted by atomic mass is 16.5. The third-order valence-corrected chi connectivity index (χ3v) is 3.87. The molecule has 0 aromatic heterocycles. The lowest BCUT2D eigenvalue weighted by molar-refractivity contribution is 0.154. The van der Waals surface area contributed by atoms with E-state index in [1.54, 1.807) is 7.11 Å². The Morgan fingerprint density at radius 2 is 2.26 bits per heavy atom. The van der Waals surface area contributed by atoms with Gasteiger partial charge in [0.05, 0.1) is 18.1 Å². The second-order valence-electron chi connectivity index (χ2n) is 6.25. The molecule has 0 radical (unpaired) electrons. The molecule has 0 aliphatic carbocycles. The first-order chi connectivity index (χ1) is 9.07. The van der Waals surface area contributed by atoms with E-state index in [2.05, 4.69) is 16.3 Å². The molecule has 1 N–H and O–H groups in total. The first-order valence-corrected chi connectivity index (χ1v) is 7.40. The van der Waals surface area contributed by atoms with Crippen LogP contribution in [-0.2, 0) is 4.74 Å². The topological polar surface area (TPSA) is 48.3 Å². The summed E-state index contributed by atoms with van der Waals surface area (Å²) in [7, 11) is 1.74. The molecule has 1 fully saturated rings. The largest absolute Gasteiger partial charge is 0.383 e. The standard InChI is InChI=1S/C15H29N3O/c1-15(2,13-16)6-9-18-8-4-5-14(12-18)11-17-7-10-19-3/h14,17H,4-12H2,1-3H3. The Bertz CT molecular complexity index is 286. The highest BCUT2D eigenvalue weighted by Gasteiger charge is 2.22. The van der Waals surface area contributed by atoms with Crippen LogP contribution < -0.4 is 5.32 Å². The van der Waals surface area contributed by atoms with Gasteiger partial charge in [0.15, 0.2) is 0 Å². The fourth-order valence-electron chi connectivity index (χ4n) is 2.49. The third-order valence-electron chi connectivity index (χ3n) is 3.87. The van der Waals surface area contributed by atoms with Gasteiger partial charge in [-0.1, -0.05) is 0 Å². The van der Waals surface area contributed by atoms with Gasteiger partial charge < -0.3 is 15.0 Å². The molecule has 0 aromatic carbocycles. The predicted octanol–water partition coefficient (Wildman–Crippen LogP) is 1.87. The zero-order valence-electron chi connectivity index (χ0n) is 12.7. The van der Waals surface area contributed by atoms with Crippen LogP contribution in [0.5, 0.6) is 0 Å². The maximum absolute atomic E-state index is 9.05. The second kappa shape index (κ2) is 8.52. The van der Waals surface area contributed by atoms with E-state index < -0.39 is 0 Å². The maximum Gasteiger partial charge on any atom is 0.0684 e. The van der Waals surface area contributed by atoms with E-state index in [1.165, 1.54) is 25.9 Å². The van der Waals surface area contributed by atoms with E-state index in [0.29, 0.717) is 0 Å². The molecule has 1 heterocycles. The lowest BCUT2D eigenvalue weighted by Gasteiger charge is -2.34. The van der Waals surface area contributed by atoms with Gasteiger partial charge in [0, 0.05) is 20.2 Å². The summed E-state index contributed by atoms with van der Waals surface area (Å²) in [6.07, 6.45) is 3.56. The van der Waals surface area contributed by atoms with Gasteiger partial charge in [0.2, 0.25) is 0 Å². The molecule has 1 atom stereocenters. The van der Waals surface area contributed by atoms with Crippen molar-refractivity contribution in [3.8, 4) is 6.07 Å². The van der Waals surface area contributed by atoms with Crippen molar-refractivity contribution in [1.29, 1.82) is 5.26 Å². The number of likely N-dealkylation sites (tertiary alicyclic amines) is 1. The summed E-state index contributed by atoms with van der Waals surface area (Å²) in [5.41, 5.74) is -0.191. The van der Waals surface area contributed by atoms with Crippen molar-refractivity contribution >= 4 is 0 Å². The van der Waals surface area contributed by atoms with E-state index in [0.717, 1.165) is 38.6 Å². The van der Waals surface area contributed by atoms with Crippen molar-refractivity contribution in [2.24, 2.45) is 11.3 Å². The van der Waals surface area contributed by atoms with Crippen LogP contribution in [0, 0.1) is 22.7 Å². The fraction of sp³-hybridized carbons (Fsp3) is 0.933. The number of nitrogens with one attached hydrogen (secondary N) is 1. The first kappa shape index (κ1) is 16.4. The summed E-state index contributed by atoms with van der Waals surface area (Å²) in [4.78, 5) is 2.52. The second-order valence-corrected chi connectivity index (χ2v) is 6.25. The molecule has 0 saturated carbocycles. The van der Waals surface area contributed by atoms with Gasteiger partial charge in [-0.15, -0.1) is 0 Å². The molecule has 0 bridgehead atoms. The molecule has 4 heteroatoms. The normalized spacial score (nSPS) is 21.3. The molecule has 1 aliphatic heterocycles. The average molecular weight is 267 g/mol. The van der Waals surface area contributed by atoms with Crippen LogP contribution >= 0.6 is 0 Å². The summed E-state index contributed by atoms with van der Waals surface area (Å²) in [6.45, 7) is 10.3. The molecular weight excluding hydrogens is 238 g/mol. The molecule has 4 nitrogen and oxygen atoms in total. The molecule has 1 aliphatic rings. The van der Waals surface area contributed by atoms with Gasteiger partial charge in [0.1, 0.15) is 0 Å². The number of ether oxygens (including phenoxy) is 1. The van der Waals surface area contributed by atoms with Gasteiger partial charge >= 0.3 is 0 Å². The van der Waals surface area contributed by atoms with Gasteiger partial charge in [0.25, 0.3) is 0 Å². The molecule has 0 amide bonds. The van der Waals surface area contributed by atoms with Crippen LogP contribution in [0.4, 0.5) is 0 Å². The average Bonchev–Trinajstić information content (AvgIpc) is 2.42. The highest BCUT2D eigenvalue weighted by Crippen LogP contribution is 2.22. The third kappa shape index (κ3) is 6.91. The minimum absolute atomic E-state index is 0.191. The van der Waals surface area contributed by atoms with Gasteiger partial charge in [-0.2, -0.15) is 5.26 Å². The first-order valence-electron chi connectivity index (χ1n) is 7.40. The summed E-state index contributed by atoms with van der Waals surface area (Å²) in [5.74, 6) is 0.746. The van der Waals surface area contributed by atoms with E-state index in [-0.39, 0.29) is 5.41 Å². The van der Waals surface area contributed by atoms with E-state index in [4.69, 9.17) is 10.00 Å². The van der Waals surface area contributed by atoms with Crippen LogP contribution in [-0.4, -0.2) is 51.3 Å². The van der Waals surface area contributed by atoms with Crippen LogP contribution in [0.1, 0.15) is 33.1 Å². The van der Waals surface area contributed by atoms with Crippen molar-refractivity contribution in [2.75, 3.05) is 46.4 Å². The molecule has 19 heavy (non-hydrogen) atoms. The number of rotatable bonds is 8. The van der Waals surface area contributed by atoms with E-state index >= 15 is 0 Å². The maximum atomic E-state index is 9.05. The molecular formula is C15H29N3O. The van der Waals surface area contributed by atoms with Crippen molar-refractivity contribution in [3.63, 3.8) is 0 Å². The molecule has 0 spiro atoms.